The van der Waals surface area contributed by atoms with Crippen molar-refractivity contribution in [2.75, 3.05) is 0 Å². The minimum absolute atomic E-state index is 0.378. The lowest BCUT2D eigenvalue weighted by Gasteiger charge is -1.99. The Kier molecular flexibility index (Phi) is 1.66. The highest BCUT2D eigenvalue weighted by Crippen LogP contribution is 2.23. The van der Waals surface area contributed by atoms with E-state index in [-0.39, 0.29) is 5.69 Å². The number of aromatic nitrogens is 4. The second kappa shape index (κ2) is 2.90. The maximum atomic E-state index is 11.5. The van der Waals surface area contributed by atoms with Crippen LogP contribution in [0.5, 0.6) is 0 Å². The van der Waals surface area contributed by atoms with E-state index in [1.165, 1.54) is 10.8 Å². The van der Waals surface area contributed by atoms with E-state index in [0.717, 1.165) is 9.86 Å². The zero-order valence-electron chi connectivity index (χ0n) is 7.44. The van der Waals surface area contributed by atoms with E-state index in [1.807, 2.05) is 12.1 Å². The van der Waals surface area contributed by atoms with Gasteiger partial charge in [0.15, 0.2) is 0 Å². The van der Waals surface area contributed by atoms with Gasteiger partial charge in [0.2, 0.25) is 0 Å². The first kappa shape index (κ1) is 8.60. The Balaban J connectivity index is 2.74. The monoisotopic (exact) mass is 264 g/mol. The molecule has 2 heterocycles. The number of nitrogens with one attached hydrogen (secondary N) is 1. The normalized spacial score (nSPS) is 11.3. The molecule has 0 aliphatic rings. The largest absolute Gasteiger partial charge is 0.370 e. The molecule has 5 nitrogen and oxygen atoms in total. The van der Waals surface area contributed by atoms with Crippen LogP contribution in [0.25, 0.3) is 16.6 Å². The molecule has 0 amide bonds. The van der Waals surface area contributed by atoms with Gasteiger partial charge < -0.3 is 4.98 Å². The van der Waals surface area contributed by atoms with Crippen LogP contribution in [0.2, 0.25) is 0 Å². The number of halogens is 1. The number of nitrogens with zero attached hydrogens (tertiary/aromatic N) is 3. The summed E-state index contributed by atoms with van der Waals surface area (Å²) in [6.07, 6.45) is 1.47. The van der Waals surface area contributed by atoms with E-state index < -0.39 is 0 Å². The third-order valence-corrected chi connectivity index (χ3v) is 2.87. The quantitative estimate of drug-likeness (QED) is 0.667. The molecule has 0 aliphatic heterocycles. The topological polar surface area (TPSA) is 63.0 Å². The Morgan fingerprint density at radius 1 is 1.40 bits per heavy atom. The van der Waals surface area contributed by atoms with Crippen molar-refractivity contribution in [1.82, 2.24) is 19.6 Å². The van der Waals surface area contributed by atoms with Crippen LogP contribution < -0.4 is 5.69 Å². The molecule has 0 atom stereocenters. The third-order valence-electron chi connectivity index (χ3n) is 2.21. The second-order valence-electron chi connectivity index (χ2n) is 3.08. The number of hydrogen-bond acceptors (Lipinski definition) is 3. The lowest BCUT2D eigenvalue weighted by molar-refractivity contribution is 0.881. The summed E-state index contributed by atoms with van der Waals surface area (Å²) in [4.78, 5) is 18.4. The lowest BCUT2D eigenvalue weighted by Crippen LogP contribution is -2.17. The van der Waals surface area contributed by atoms with Gasteiger partial charge in [-0.05, 0) is 28.1 Å². The molecule has 1 aromatic carbocycles. The number of rotatable bonds is 0. The minimum atomic E-state index is -0.378. The van der Waals surface area contributed by atoms with Crippen LogP contribution >= 0.6 is 15.9 Å². The Morgan fingerprint density at radius 3 is 3.13 bits per heavy atom. The summed E-state index contributed by atoms with van der Waals surface area (Å²) in [6.45, 7) is 0. The molecule has 74 valence electrons. The molecule has 2 aromatic heterocycles. The fourth-order valence-corrected chi connectivity index (χ4v) is 2.12. The highest BCUT2D eigenvalue weighted by Gasteiger charge is 2.08. The standard InChI is InChI=1S/C9H5BrN4O/c10-5-2-1-3-6-7(5)8-11-4-12-14(8)9(15)13-6/h1-4H,(H,11,12). The first-order valence-corrected chi connectivity index (χ1v) is 5.07. The molecule has 0 aliphatic carbocycles. The van der Waals surface area contributed by atoms with Crippen molar-refractivity contribution in [1.29, 1.82) is 0 Å². The van der Waals surface area contributed by atoms with Gasteiger partial charge in [-0.1, -0.05) is 6.07 Å². The predicted octanol–water partition coefficient (Wildman–Crippen LogP) is 1.33. The molecule has 0 unspecified atom stereocenters. The van der Waals surface area contributed by atoms with Crippen LogP contribution in [0.1, 0.15) is 0 Å². The predicted molar refractivity (Wildman–Crippen MR) is 58.8 cm³/mol. The van der Waals surface area contributed by atoms with Gasteiger partial charge in [-0.25, -0.2) is 4.79 Å². The first-order chi connectivity index (χ1) is 7.27. The zero-order valence-corrected chi connectivity index (χ0v) is 9.02. The van der Waals surface area contributed by atoms with Crippen LogP contribution in [0, 0.1) is 0 Å². The van der Waals surface area contributed by atoms with Gasteiger partial charge in [0.05, 0.1) is 10.9 Å². The molecule has 0 radical (unpaired) electrons. The van der Waals surface area contributed by atoms with Crippen LogP contribution in [-0.4, -0.2) is 19.6 Å². The zero-order chi connectivity index (χ0) is 10.4. The van der Waals surface area contributed by atoms with Crippen molar-refractivity contribution < 1.29 is 0 Å². The highest BCUT2D eigenvalue weighted by atomic mass is 79.9. The van der Waals surface area contributed by atoms with Gasteiger partial charge in [0.1, 0.15) is 12.0 Å². The lowest BCUT2D eigenvalue weighted by atomic mass is 10.2. The maximum Gasteiger partial charge on any atom is 0.370 e. The summed E-state index contributed by atoms with van der Waals surface area (Å²) in [5.74, 6) is 0. The summed E-state index contributed by atoms with van der Waals surface area (Å²) >= 11 is 3.42. The average Bonchev–Trinajstić information content (AvgIpc) is 2.66. The van der Waals surface area contributed by atoms with E-state index in [9.17, 15) is 4.79 Å². The fourth-order valence-electron chi connectivity index (χ4n) is 1.58. The van der Waals surface area contributed by atoms with E-state index in [1.54, 1.807) is 6.07 Å². The Bertz CT molecular complexity index is 715. The molecule has 3 rings (SSSR count). The molecule has 1 N–H and O–H groups in total. The summed E-state index contributed by atoms with van der Waals surface area (Å²) < 4.78 is 2.13. The molecule has 0 saturated carbocycles. The molecule has 0 bridgehead atoms. The SMILES string of the molecule is O=c1nc2cccc(Br)c2c2[nH]cnn12. The van der Waals surface area contributed by atoms with E-state index in [2.05, 4.69) is 31.0 Å². The molecule has 3 aromatic rings. The van der Waals surface area contributed by atoms with Crippen molar-refractivity contribution in [3.63, 3.8) is 0 Å². The Morgan fingerprint density at radius 2 is 2.27 bits per heavy atom. The van der Waals surface area contributed by atoms with Gasteiger partial charge in [-0.2, -0.15) is 14.6 Å². The molecular weight excluding hydrogens is 260 g/mol. The van der Waals surface area contributed by atoms with E-state index in [0.29, 0.717) is 11.2 Å². The van der Waals surface area contributed by atoms with Gasteiger partial charge in [0, 0.05) is 4.47 Å². The van der Waals surface area contributed by atoms with Crippen LogP contribution in [0.4, 0.5) is 0 Å². The van der Waals surface area contributed by atoms with Crippen LogP contribution in [-0.2, 0) is 0 Å². The van der Waals surface area contributed by atoms with Gasteiger partial charge >= 0.3 is 5.69 Å². The molecular formula is C9H5BrN4O. The molecule has 6 heteroatoms. The van der Waals surface area contributed by atoms with Gasteiger partial charge in [-0.3, -0.25) is 0 Å². The number of benzene rings is 1. The van der Waals surface area contributed by atoms with E-state index >= 15 is 0 Å². The summed E-state index contributed by atoms with van der Waals surface area (Å²) in [5, 5.41) is 4.73. The molecule has 0 spiro atoms. The number of fused-ring (bicyclic) bond motifs is 3. The molecule has 15 heavy (non-hydrogen) atoms. The number of aromatic amines is 1. The molecule has 0 saturated heterocycles. The van der Waals surface area contributed by atoms with Crippen molar-refractivity contribution in [2.45, 2.75) is 0 Å². The van der Waals surface area contributed by atoms with Crippen molar-refractivity contribution in [3.05, 3.63) is 39.5 Å². The summed E-state index contributed by atoms with van der Waals surface area (Å²) in [5.41, 5.74) is 0.924. The van der Waals surface area contributed by atoms with Crippen molar-refractivity contribution in [3.8, 4) is 0 Å². The summed E-state index contributed by atoms with van der Waals surface area (Å²) in [6, 6.07) is 5.53. The highest BCUT2D eigenvalue weighted by molar-refractivity contribution is 9.10. The second-order valence-corrected chi connectivity index (χ2v) is 3.93. The van der Waals surface area contributed by atoms with Crippen LogP contribution in [0.15, 0.2) is 33.8 Å². The van der Waals surface area contributed by atoms with Crippen molar-refractivity contribution >= 4 is 32.5 Å². The third kappa shape index (κ3) is 1.11. The Labute approximate surface area is 91.9 Å². The van der Waals surface area contributed by atoms with Gasteiger partial charge in [0.25, 0.3) is 0 Å². The van der Waals surface area contributed by atoms with Crippen LogP contribution in [0.3, 0.4) is 0 Å². The molecule has 0 fully saturated rings. The first-order valence-electron chi connectivity index (χ1n) is 4.28. The van der Waals surface area contributed by atoms with Gasteiger partial charge in [-0.15, -0.1) is 0 Å². The number of H-pyrrole nitrogens is 1. The number of hydrogen-bond donors (Lipinski definition) is 1. The van der Waals surface area contributed by atoms with Crippen molar-refractivity contribution in [2.24, 2.45) is 0 Å². The van der Waals surface area contributed by atoms with E-state index in [4.69, 9.17) is 0 Å². The Hall–Kier alpha value is -1.69. The summed E-state index contributed by atoms with van der Waals surface area (Å²) in [7, 11) is 0. The smallest absolute Gasteiger partial charge is 0.329 e. The average molecular weight is 265 g/mol. The minimum Gasteiger partial charge on any atom is -0.329 e. The maximum absolute atomic E-state index is 11.5. The fraction of sp³-hybridized carbons (Fsp3) is 0.